The van der Waals surface area contributed by atoms with Gasteiger partial charge in [0, 0.05) is 12.5 Å². The molecule has 3 heterocycles. The highest BCUT2D eigenvalue weighted by Gasteiger charge is 2.35. The number of pyridine rings is 1. The highest BCUT2D eigenvalue weighted by atomic mass is 16.2. The highest BCUT2D eigenvalue weighted by Crippen LogP contribution is 2.36. The quantitative estimate of drug-likeness (QED) is 0.917. The first-order valence-electron chi connectivity index (χ1n) is 8.85. The van der Waals surface area contributed by atoms with Crippen molar-refractivity contribution in [3.8, 4) is 0 Å². The Labute approximate surface area is 141 Å². The molecule has 2 aromatic heterocycles. The molecule has 0 spiro atoms. The Kier molecular flexibility index (Phi) is 3.82. The Morgan fingerprint density at radius 2 is 1.92 bits per heavy atom. The number of likely N-dealkylation sites (tertiary alicyclic amines) is 1. The number of carbonyl (C=O) groups is 1. The molecule has 0 bridgehead atoms. The lowest BCUT2D eigenvalue weighted by atomic mass is 10.0. The monoisotopic (exact) mass is 325 g/mol. The number of amides is 1. The van der Waals surface area contributed by atoms with Gasteiger partial charge in [0.25, 0.3) is 0 Å². The van der Waals surface area contributed by atoms with Gasteiger partial charge in [0.1, 0.15) is 11.6 Å². The van der Waals surface area contributed by atoms with E-state index in [1.54, 1.807) is 0 Å². The van der Waals surface area contributed by atoms with Gasteiger partial charge in [-0.2, -0.15) is 0 Å². The lowest BCUT2D eigenvalue weighted by Gasteiger charge is -2.27. The van der Waals surface area contributed by atoms with Gasteiger partial charge in [0.15, 0.2) is 5.65 Å². The Hall–Kier alpha value is -2.24. The molecule has 1 amide bonds. The Bertz CT molecular complexity index is 784. The minimum Gasteiger partial charge on any atom is -0.383 e. The summed E-state index contributed by atoms with van der Waals surface area (Å²) >= 11 is 0. The SMILES string of the molecule is Cc1nc(N)c2ccc([C@H]3CCCN3C(=O)C3CCCC3)nc2n1. The van der Waals surface area contributed by atoms with Gasteiger partial charge >= 0.3 is 0 Å². The molecular formula is C18H23N5O. The molecule has 1 saturated heterocycles. The summed E-state index contributed by atoms with van der Waals surface area (Å²) in [5.41, 5.74) is 7.51. The number of aromatic nitrogens is 3. The van der Waals surface area contributed by atoms with Crippen molar-refractivity contribution in [1.82, 2.24) is 19.9 Å². The minimum atomic E-state index is 0.0685. The van der Waals surface area contributed by atoms with Crippen LogP contribution in [0.2, 0.25) is 0 Å². The summed E-state index contributed by atoms with van der Waals surface area (Å²) in [5, 5.41) is 0.774. The lowest BCUT2D eigenvalue weighted by Crippen LogP contribution is -2.35. The van der Waals surface area contributed by atoms with E-state index in [2.05, 4.69) is 9.97 Å². The summed E-state index contributed by atoms with van der Waals surface area (Å²) in [6, 6.07) is 3.98. The van der Waals surface area contributed by atoms with Crippen LogP contribution in [-0.4, -0.2) is 32.3 Å². The maximum absolute atomic E-state index is 12.9. The lowest BCUT2D eigenvalue weighted by molar-refractivity contribution is -0.136. The zero-order valence-corrected chi connectivity index (χ0v) is 14.0. The van der Waals surface area contributed by atoms with Crippen LogP contribution in [0.1, 0.15) is 56.1 Å². The molecule has 1 atom stereocenters. The number of hydrogen-bond donors (Lipinski definition) is 1. The van der Waals surface area contributed by atoms with E-state index in [-0.39, 0.29) is 12.0 Å². The van der Waals surface area contributed by atoms with Gasteiger partial charge in [0.2, 0.25) is 5.91 Å². The fourth-order valence-corrected chi connectivity index (χ4v) is 4.09. The fourth-order valence-electron chi connectivity index (χ4n) is 4.09. The molecule has 2 aromatic rings. The number of anilines is 1. The fraction of sp³-hybridized carbons (Fsp3) is 0.556. The molecule has 1 aliphatic heterocycles. The van der Waals surface area contributed by atoms with Crippen molar-refractivity contribution in [2.75, 3.05) is 12.3 Å². The van der Waals surface area contributed by atoms with Gasteiger partial charge in [-0.25, -0.2) is 15.0 Å². The average molecular weight is 325 g/mol. The molecule has 0 unspecified atom stereocenters. The van der Waals surface area contributed by atoms with Crippen LogP contribution in [0.3, 0.4) is 0 Å². The minimum absolute atomic E-state index is 0.0685. The molecule has 4 rings (SSSR count). The number of hydrogen-bond acceptors (Lipinski definition) is 5. The van der Waals surface area contributed by atoms with E-state index in [4.69, 9.17) is 10.7 Å². The van der Waals surface area contributed by atoms with Crippen LogP contribution in [0.4, 0.5) is 5.82 Å². The second kappa shape index (κ2) is 6.00. The van der Waals surface area contributed by atoms with Crippen molar-refractivity contribution >= 4 is 22.8 Å². The summed E-state index contributed by atoms with van der Waals surface area (Å²) in [6.07, 6.45) is 6.44. The number of fused-ring (bicyclic) bond motifs is 1. The number of rotatable bonds is 2. The normalized spacial score (nSPS) is 21.7. The van der Waals surface area contributed by atoms with Crippen molar-refractivity contribution in [2.24, 2.45) is 5.92 Å². The molecule has 126 valence electrons. The zero-order chi connectivity index (χ0) is 16.7. The highest BCUT2D eigenvalue weighted by molar-refractivity contribution is 5.85. The zero-order valence-electron chi connectivity index (χ0n) is 14.0. The predicted octanol–water partition coefficient (Wildman–Crippen LogP) is 2.77. The first kappa shape index (κ1) is 15.3. The topological polar surface area (TPSA) is 85.0 Å². The molecule has 2 fully saturated rings. The third kappa shape index (κ3) is 2.60. The van der Waals surface area contributed by atoms with Gasteiger partial charge in [-0.05, 0) is 44.7 Å². The Balaban J connectivity index is 1.66. The van der Waals surface area contributed by atoms with Crippen LogP contribution in [0, 0.1) is 12.8 Å². The van der Waals surface area contributed by atoms with Crippen LogP contribution >= 0.6 is 0 Å². The molecule has 0 radical (unpaired) electrons. The maximum atomic E-state index is 12.9. The van der Waals surface area contributed by atoms with E-state index in [0.717, 1.165) is 43.3 Å². The second-order valence-electron chi connectivity index (χ2n) is 6.93. The summed E-state index contributed by atoms with van der Waals surface area (Å²) in [4.78, 5) is 28.2. The summed E-state index contributed by atoms with van der Waals surface area (Å²) in [6.45, 7) is 2.65. The smallest absolute Gasteiger partial charge is 0.226 e. The molecule has 2 aliphatic rings. The first-order chi connectivity index (χ1) is 11.6. The van der Waals surface area contributed by atoms with E-state index in [9.17, 15) is 4.79 Å². The van der Waals surface area contributed by atoms with Crippen molar-refractivity contribution in [3.63, 3.8) is 0 Å². The van der Waals surface area contributed by atoms with Crippen molar-refractivity contribution in [2.45, 2.75) is 51.5 Å². The van der Waals surface area contributed by atoms with E-state index in [1.807, 2.05) is 24.0 Å². The average Bonchev–Trinajstić information content (AvgIpc) is 3.25. The largest absolute Gasteiger partial charge is 0.383 e. The third-order valence-electron chi connectivity index (χ3n) is 5.30. The van der Waals surface area contributed by atoms with E-state index < -0.39 is 0 Å². The number of carbonyl (C=O) groups excluding carboxylic acids is 1. The van der Waals surface area contributed by atoms with Crippen LogP contribution in [0.15, 0.2) is 12.1 Å². The molecule has 0 aromatic carbocycles. The number of nitrogens with two attached hydrogens (primary N) is 1. The van der Waals surface area contributed by atoms with E-state index in [0.29, 0.717) is 23.2 Å². The van der Waals surface area contributed by atoms with Crippen molar-refractivity contribution < 1.29 is 4.79 Å². The second-order valence-corrected chi connectivity index (χ2v) is 6.93. The number of aryl methyl sites for hydroxylation is 1. The van der Waals surface area contributed by atoms with Crippen molar-refractivity contribution in [3.05, 3.63) is 23.7 Å². The van der Waals surface area contributed by atoms with Crippen LogP contribution in [0.25, 0.3) is 11.0 Å². The van der Waals surface area contributed by atoms with Crippen LogP contribution in [0.5, 0.6) is 0 Å². The molecule has 1 saturated carbocycles. The van der Waals surface area contributed by atoms with Crippen LogP contribution in [-0.2, 0) is 4.79 Å². The first-order valence-corrected chi connectivity index (χ1v) is 8.85. The Morgan fingerprint density at radius 3 is 2.71 bits per heavy atom. The molecule has 2 N–H and O–H groups in total. The molecular weight excluding hydrogens is 302 g/mol. The van der Waals surface area contributed by atoms with E-state index in [1.165, 1.54) is 12.8 Å². The Morgan fingerprint density at radius 1 is 1.12 bits per heavy atom. The molecule has 1 aliphatic carbocycles. The summed E-state index contributed by atoms with van der Waals surface area (Å²) in [5.74, 6) is 1.61. The maximum Gasteiger partial charge on any atom is 0.226 e. The van der Waals surface area contributed by atoms with Gasteiger partial charge < -0.3 is 10.6 Å². The summed E-state index contributed by atoms with van der Waals surface area (Å²) in [7, 11) is 0. The van der Waals surface area contributed by atoms with Gasteiger partial charge in [-0.3, -0.25) is 4.79 Å². The molecule has 24 heavy (non-hydrogen) atoms. The van der Waals surface area contributed by atoms with Gasteiger partial charge in [-0.15, -0.1) is 0 Å². The predicted molar refractivity (Wildman–Crippen MR) is 92.1 cm³/mol. The molecule has 6 heteroatoms. The van der Waals surface area contributed by atoms with Crippen molar-refractivity contribution in [1.29, 1.82) is 0 Å². The van der Waals surface area contributed by atoms with Gasteiger partial charge in [0.05, 0.1) is 17.1 Å². The summed E-state index contributed by atoms with van der Waals surface area (Å²) < 4.78 is 0. The standard InChI is InChI=1S/C18H23N5O/c1-11-20-16(19)13-8-9-14(22-17(13)21-11)15-7-4-10-23(15)18(24)12-5-2-3-6-12/h8-9,12,15H,2-7,10H2,1H3,(H2,19,20,21,22)/t15-/m1/s1. The number of nitrogens with zero attached hydrogens (tertiary/aromatic N) is 4. The van der Waals surface area contributed by atoms with Crippen LogP contribution < -0.4 is 5.73 Å². The van der Waals surface area contributed by atoms with Gasteiger partial charge in [-0.1, -0.05) is 12.8 Å². The van der Waals surface area contributed by atoms with E-state index >= 15 is 0 Å². The molecule has 6 nitrogen and oxygen atoms in total. The number of nitrogen functional groups attached to an aromatic ring is 1. The third-order valence-corrected chi connectivity index (χ3v) is 5.30.